The van der Waals surface area contributed by atoms with E-state index in [4.69, 9.17) is 14.2 Å². The summed E-state index contributed by atoms with van der Waals surface area (Å²) in [5.74, 6) is 1.55. The summed E-state index contributed by atoms with van der Waals surface area (Å²) in [5.41, 5.74) is 4.19. The van der Waals surface area contributed by atoms with Crippen molar-refractivity contribution in [3.05, 3.63) is 59.4 Å². The van der Waals surface area contributed by atoms with Gasteiger partial charge in [-0.2, -0.15) is 5.10 Å². The van der Waals surface area contributed by atoms with E-state index in [0.717, 1.165) is 29.8 Å². The van der Waals surface area contributed by atoms with Crippen LogP contribution in [0.3, 0.4) is 0 Å². The average molecular weight is 407 g/mol. The van der Waals surface area contributed by atoms with Gasteiger partial charge in [0, 0.05) is 23.7 Å². The summed E-state index contributed by atoms with van der Waals surface area (Å²) in [6.07, 6.45) is 3.76. The van der Waals surface area contributed by atoms with Crippen molar-refractivity contribution in [2.75, 3.05) is 26.6 Å². The third-order valence-electron chi connectivity index (χ3n) is 5.28. The lowest BCUT2D eigenvalue weighted by Gasteiger charge is -2.15. The Kier molecular flexibility index (Phi) is 5.35. The van der Waals surface area contributed by atoms with Crippen molar-refractivity contribution in [2.45, 2.75) is 25.7 Å². The molecule has 7 heteroatoms. The number of nitrogens with zero attached hydrogens (tertiary/aromatic N) is 2. The van der Waals surface area contributed by atoms with Crippen molar-refractivity contribution in [2.24, 2.45) is 0 Å². The van der Waals surface area contributed by atoms with Gasteiger partial charge in [-0.3, -0.25) is 4.79 Å². The smallest absolute Gasteiger partial charge is 0.259 e. The Morgan fingerprint density at radius 2 is 1.73 bits per heavy atom. The van der Waals surface area contributed by atoms with Gasteiger partial charge in [-0.05, 0) is 31.4 Å². The highest BCUT2D eigenvalue weighted by Crippen LogP contribution is 2.43. The second-order valence-corrected chi connectivity index (χ2v) is 7.28. The molecule has 0 bridgehead atoms. The molecule has 0 spiro atoms. The van der Waals surface area contributed by atoms with Gasteiger partial charge in [-0.1, -0.05) is 18.2 Å². The number of amides is 1. The molecule has 1 N–H and O–H groups in total. The minimum absolute atomic E-state index is 0.217. The fraction of sp³-hybridized carbons (Fsp3) is 0.304. The van der Waals surface area contributed by atoms with Crippen molar-refractivity contribution < 1.29 is 19.0 Å². The molecule has 1 amide bonds. The van der Waals surface area contributed by atoms with Crippen LogP contribution < -0.4 is 19.5 Å². The molecule has 1 saturated carbocycles. The fourth-order valence-corrected chi connectivity index (χ4v) is 3.63. The van der Waals surface area contributed by atoms with E-state index in [0.29, 0.717) is 34.4 Å². The van der Waals surface area contributed by atoms with Gasteiger partial charge in [0.2, 0.25) is 5.75 Å². The summed E-state index contributed by atoms with van der Waals surface area (Å²) in [5, 5.41) is 7.51. The maximum absolute atomic E-state index is 13.2. The van der Waals surface area contributed by atoms with Crippen molar-refractivity contribution in [3.8, 4) is 22.9 Å². The van der Waals surface area contributed by atoms with Crippen LogP contribution in [0.5, 0.6) is 17.2 Å². The Labute approximate surface area is 175 Å². The lowest BCUT2D eigenvalue weighted by Crippen LogP contribution is -2.15. The number of hydrogen-bond donors (Lipinski definition) is 1. The summed E-state index contributed by atoms with van der Waals surface area (Å²) in [7, 11) is 4.63. The summed E-state index contributed by atoms with van der Waals surface area (Å²) in [6, 6.07) is 11.5. The van der Waals surface area contributed by atoms with E-state index < -0.39 is 0 Å². The van der Waals surface area contributed by atoms with E-state index in [1.54, 1.807) is 39.7 Å². The van der Waals surface area contributed by atoms with E-state index >= 15 is 0 Å². The number of anilines is 1. The van der Waals surface area contributed by atoms with Crippen LogP contribution in [-0.2, 0) is 0 Å². The first-order valence-electron chi connectivity index (χ1n) is 9.82. The number of aromatic nitrogens is 2. The first-order valence-corrected chi connectivity index (χ1v) is 9.82. The molecule has 1 heterocycles. The molecule has 7 nitrogen and oxygen atoms in total. The standard InChI is InChI=1S/C23H25N3O4/c1-14-7-5-6-8-18(14)26-21(15-9-10-15)17(13-24-26)23(27)25-16-11-19(28-2)22(30-4)20(12-16)29-3/h5-8,11-13,15H,9-10H2,1-4H3,(H,25,27). The molecule has 2 aromatic carbocycles. The normalized spacial score (nSPS) is 13.1. The average Bonchev–Trinajstić information content (AvgIpc) is 3.51. The predicted octanol–water partition coefficient (Wildman–Crippen LogP) is 4.34. The second-order valence-electron chi connectivity index (χ2n) is 7.28. The second kappa shape index (κ2) is 8.10. The predicted molar refractivity (Wildman–Crippen MR) is 114 cm³/mol. The molecule has 3 aromatic rings. The quantitative estimate of drug-likeness (QED) is 0.631. The number of carbonyl (C=O) groups excluding carboxylic acids is 1. The lowest BCUT2D eigenvalue weighted by atomic mass is 10.1. The number of para-hydroxylation sites is 1. The number of aryl methyl sites for hydroxylation is 1. The van der Waals surface area contributed by atoms with Gasteiger partial charge in [0.15, 0.2) is 11.5 Å². The number of hydrogen-bond acceptors (Lipinski definition) is 5. The van der Waals surface area contributed by atoms with Crippen LogP contribution in [0.1, 0.15) is 40.4 Å². The minimum Gasteiger partial charge on any atom is -0.493 e. The van der Waals surface area contributed by atoms with Gasteiger partial charge in [0.05, 0.1) is 44.5 Å². The van der Waals surface area contributed by atoms with Gasteiger partial charge in [-0.25, -0.2) is 4.68 Å². The Morgan fingerprint density at radius 3 is 2.30 bits per heavy atom. The lowest BCUT2D eigenvalue weighted by molar-refractivity contribution is 0.102. The molecule has 1 fully saturated rings. The van der Waals surface area contributed by atoms with Gasteiger partial charge in [-0.15, -0.1) is 0 Å². The number of rotatable bonds is 7. The third-order valence-corrected chi connectivity index (χ3v) is 5.28. The zero-order valence-electron chi connectivity index (χ0n) is 17.6. The van der Waals surface area contributed by atoms with Crippen LogP contribution in [0.4, 0.5) is 5.69 Å². The topological polar surface area (TPSA) is 74.6 Å². The number of benzene rings is 2. The largest absolute Gasteiger partial charge is 0.493 e. The molecule has 1 aliphatic rings. The van der Waals surface area contributed by atoms with Crippen LogP contribution in [0.15, 0.2) is 42.6 Å². The van der Waals surface area contributed by atoms with Gasteiger partial charge < -0.3 is 19.5 Å². The van der Waals surface area contributed by atoms with Gasteiger partial charge in [0.1, 0.15) is 0 Å². The van der Waals surface area contributed by atoms with Crippen molar-refractivity contribution in [1.82, 2.24) is 9.78 Å². The maximum Gasteiger partial charge on any atom is 0.259 e. The van der Waals surface area contributed by atoms with Crippen molar-refractivity contribution in [1.29, 1.82) is 0 Å². The first kappa shape index (κ1) is 19.8. The monoisotopic (exact) mass is 407 g/mol. The van der Waals surface area contributed by atoms with Gasteiger partial charge >= 0.3 is 0 Å². The van der Waals surface area contributed by atoms with Crippen molar-refractivity contribution in [3.63, 3.8) is 0 Å². The van der Waals surface area contributed by atoms with Crippen LogP contribution >= 0.6 is 0 Å². The number of carbonyl (C=O) groups is 1. The van der Waals surface area contributed by atoms with E-state index in [1.165, 1.54) is 0 Å². The Morgan fingerprint density at radius 1 is 1.07 bits per heavy atom. The van der Waals surface area contributed by atoms with Crippen LogP contribution in [0, 0.1) is 6.92 Å². The Bertz CT molecular complexity index is 1060. The highest BCUT2D eigenvalue weighted by Gasteiger charge is 2.33. The number of ether oxygens (including phenoxy) is 3. The van der Waals surface area contributed by atoms with Crippen LogP contribution in [-0.4, -0.2) is 37.0 Å². The molecule has 0 unspecified atom stereocenters. The molecular formula is C23H25N3O4. The maximum atomic E-state index is 13.2. The highest BCUT2D eigenvalue weighted by molar-refractivity contribution is 6.05. The van der Waals surface area contributed by atoms with E-state index in [2.05, 4.69) is 10.4 Å². The van der Waals surface area contributed by atoms with Crippen LogP contribution in [0.25, 0.3) is 5.69 Å². The van der Waals surface area contributed by atoms with E-state index in [-0.39, 0.29) is 5.91 Å². The Hall–Kier alpha value is -3.48. The summed E-state index contributed by atoms with van der Waals surface area (Å²) >= 11 is 0. The van der Waals surface area contributed by atoms with Crippen molar-refractivity contribution >= 4 is 11.6 Å². The highest BCUT2D eigenvalue weighted by atomic mass is 16.5. The summed E-state index contributed by atoms with van der Waals surface area (Å²) in [4.78, 5) is 13.2. The molecule has 1 aromatic heterocycles. The molecule has 156 valence electrons. The first-order chi connectivity index (χ1) is 14.6. The summed E-state index contributed by atoms with van der Waals surface area (Å²) < 4.78 is 18.0. The Balaban J connectivity index is 1.69. The molecule has 0 saturated heterocycles. The zero-order chi connectivity index (χ0) is 21.3. The number of methoxy groups -OCH3 is 3. The van der Waals surface area contributed by atoms with Gasteiger partial charge in [0.25, 0.3) is 5.91 Å². The molecule has 30 heavy (non-hydrogen) atoms. The molecule has 4 rings (SSSR count). The molecular weight excluding hydrogens is 382 g/mol. The van der Waals surface area contributed by atoms with E-state index in [9.17, 15) is 4.79 Å². The summed E-state index contributed by atoms with van der Waals surface area (Å²) in [6.45, 7) is 2.04. The fourth-order valence-electron chi connectivity index (χ4n) is 3.63. The minimum atomic E-state index is -0.217. The number of nitrogens with one attached hydrogen (secondary N) is 1. The van der Waals surface area contributed by atoms with Crippen LogP contribution in [0.2, 0.25) is 0 Å². The molecule has 0 atom stereocenters. The molecule has 0 aliphatic heterocycles. The van der Waals surface area contributed by atoms with E-state index in [1.807, 2.05) is 35.9 Å². The molecule has 1 aliphatic carbocycles. The zero-order valence-corrected chi connectivity index (χ0v) is 17.6. The molecule has 0 radical (unpaired) electrons. The SMILES string of the molecule is COc1cc(NC(=O)c2cnn(-c3ccccc3C)c2C2CC2)cc(OC)c1OC. The third kappa shape index (κ3) is 3.58.